The molecule has 0 fully saturated rings. The molecule has 1 aliphatic rings. The first-order valence-electron chi connectivity index (χ1n) is 5.28. The minimum absolute atomic E-state index is 0.194. The van der Waals surface area contributed by atoms with E-state index < -0.39 is 17.5 Å². The zero-order valence-electron chi connectivity index (χ0n) is 9.60. The fraction of sp³-hybridized carbons (Fsp3) is 0.583. The average Bonchev–Trinajstić information content (AvgIpc) is 2.53. The number of aliphatic carboxylic acids is 1. The van der Waals surface area contributed by atoms with Crippen molar-refractivity contribution in [1.29, 1.82) is 0 Å². The lowest BCUT2D eigenvalue weighted by Crippen LogP contribution is -2.37. The number of hydrogen-bond donors (Lipinski definition) is 3. The van der Waals surface area contributed by atoms with Crippen molar-refractivity contribution in [2.75, 3.05) is 6.61 Å². The van der Waals surface area contributed by atoms with Gasteiger partial charge in [0.25, 0.3) is 0 Å². The summed E-state index contributed by atoms with van der Waals surface area (Å²) in [5.41, 5.74) is 0.339. The van der Waals surface area contributed by atoms with Crippen LogP contribution in [0.3, 0.4) is 0 Å². The standard InChI is InChI=1S/C12H18O4/c1-8(2)3-4-12(11(15)16)6-9(7-13)5-10(12)14/h3,6,10,13-14H,4-5,7H2,1-2H3,(H,15,16)/t10-,12-/m1/s1. The van der Waals surface area contributed by atoms with Crippen LogP contribution in [0.1, 0.15) is 26.7 Å². The highest BCUT2D eigenvalue weighted by Gasteiger charge is 2.46. The number of carboxylic acid groups (broad SMARTS) is 1. The lowest BCUT2D eigenvalue weighted by atomic mass is 9.81. The maximum Gasteiger partial charge on any atom is 0.316 e. The van der Waals surface area contributed by atoms with Crippen LogP contribution >= 0.6 is 0 Å². The molecule has 1 rings (SSSR count). The Hall–Kier alpha value is -1.13. The average molecular weight is 226 g/mol. The summed E-state index contributed by atoms with van der Waals surface area (Å²) in [6, 6.07) is 0. The fourth-order valence-electron chi connectivity index (χ4n) is 1.92. The predicted octanol–water partition coefficient (Wildman–Crippen LogP) is 1.10. The van der Waals surface area contributed by atoms with E-state index in [9.17, 15) is 15.0 Å². The van der Waals surface area contributed by atoms with Crippen LogP contribution in [0.15, 0.2) is 23.3 Å². The van der Waals surface area contributed by atoms with Gasteiger partial charge in [0, 0.05) is 0 Å². The number of rotatable bonds is 4. The van der Waals surface area contributed by atoms with Crippen molar-refractivity contribution in [3.63, 3.8) is 0 Å². The summed E-state index contributed by atoms with van der Waals surface area (Å²) in [6.45, 7) is 3.57. The first-order valence-corrected chi connectivity index (χ1v) is 5.28. The monoisotopic (exact) mass is 226 g/mol. The molecule has 0 heterocycles. The van der Waals surface area contributed by atoms with Crippen molar-refractivity contribution < 1.29 is 20.1 Å². The van der Waals surface area contributed by atoms with Crippen LogP contribution in [-0.2, 0) is 4.79 Å². The number of hydrogen-bond acceptors (Lipinski definition) is 3. The number of aliphatic hydroxyl groups is 2. The first-order chi connectivity index (χ1) is 7.42. The number of carbonyl (C=O) groups is 1. The molecular weight excluding hydrogens is 208 g/mol. The molecule has 0 aliphatic heterocycles. The Morgan fingerprint density at radius 2 is 2.25 bits per heavy atom. The molecule has 3 N–H and O–H groups in total. The van der Waals surface area contributed by atoms with Crippen LogP contribution in [-0.4, -0.2) is 34.0 Å². The second-order valence-electron chi connectivity index (χ2n) is 4.51. The topological polar surface area (TPSA) is 77.8 Å². The second kappa shape index (κ2) is 4.80. The zero-order chi connectivity index (χ0) is 12.3. The third kappa shape index (κ3) is 2.33. The van der Waals surface area contributed by atoms with Gasteiger partial charge >= 0.3 is 5.97 Å². The largest absolute Gasteiger partial charge is 0.481 e. The molecule has 0 aromatic carbocycles. The quantitative estimate of drug-likeness (QED) is 0.627. The molecule has 0 spiro atoms. The minimum Gasteiger partial charge on any atom is -0.481 e. The van der Waals surface area contributed by atoms with Crippen molar-refractivity contribution in [2.45, 2.75) is 32.8 Å². The SMILES string of the molecule is CC(C)=CC[C@@]1(C(=O)O)C=C(CO)C[C@H]1O. The molecular formula is C12H18O4. The molecule has 2 atom stereocenters. The highest BCUT2D eigenvalue weighted by Crippen LogP contribution is 2.40. The maximum atomic E-state index is 11.3. The van der Waals surface area contributed by atoms with Gasteiger partial charge in [-0.25, -0.2) is 0 Å². The molecule has 0 saturated heterocycles. The van der Waals surface area contributed by atoms with Crippen LogP contribution in [0, 0.1) is 5.41 Å². The summed E-state index contributed by atoms with van der Waals surface area (Å²) in [5, 5.41) is 28.1. The van der Waals surface area contributed by atoms with Crippen molar-refractivity contribution in [3.05, 3.63) is 23.3 Å². The third-order valence-corrected chi connectivity index (χ3v) is 2.96. The summed E-state index contributed by atoms with van der Waals surface area (Å²) >= 11 is 0. The molecule has 0 bridgehead atoms. The molecule has 1 aliphatic carbocycles. The molecule has 4 nitrogen and oxygen atoms in total. The van der Waals surface area contributed by atoms with Gasteiger partial charge in [0.15, 0.2) is 0 Å². The van der Waals surface area contributed by atoms with Crippen molar-refractivity contribution >= 4 is 5.97 Å². The van der Waals surface area contributed by atoms with E-state index in [1.54, 1.807) is 6.08 Å². The van der Waals surface area contributed by atoms with Crippen molar-refractivity contribution in [3.8, 4) is 0 Å². The van der Waals surface area contributed by atoms with Gasteiger partial charge in [-0.1, -0.05) is 17.7 Å². The van der Waals surface area contributed by atoms with Gasteiger partial charge in [0.1, 0.15) is 5.41 Å². The van der Waals surface area contributed by atoms with Gasteiger partial charge in [0.2, 0.25) is 0 Å². The minimum atomic E-state index is -1.27. The molecule has 0 unspecified atom stereocenters. The van der Waals surface area contributed by atoms with Crippen LogP contribution in [0.4, 0.5) is 0 Å². The highest BCUT2D eigenvalue weighted by atomic mass is 16.4. The fourth-order valence-corrected chi connectivity index (χ4v) is 1.92. The van der Waals surface area contributed by atoms with E-state index in [1.165, 1.54) is 6.08 Å². The molecule has 0 amide bonds. The van der Waals surface area contributed by atoms with Gasteiger partial charge in [0.05, 0.1) is 12.7 Å². The number of carboxylic acids is 1. The van der Waals surface area contributed by atoms with E-state index in [4.69, 9.17) is 5.11 Å². The summed E-state index contributed by atoms with van der Waals surface area (Å²) < 4.78 is 0. The smallest absolute Gasteiger partial charge is 0.316 e. The van der Waals surface area contributed by atoms with E-state index in [0.29, 0.717) is 5.57 Å². The number of allylic oxidation sites excluding steroid dienone is 2. The Bertz CT molecular complexity index is 339. The molecule has 0 saturated carbocycles. The van der Waals surface area contributed by atoms with E-state index >= 15 is 0 Å². The van der Waals surface area contributed by atoms with Crippen LogP contribution in [0.2, 0.25) is 0 Å². The van der Waals surface area contributed by atoms with Gasteiger partial charge in [-0.05, 0) is 32.3 Å². The van der Waals surface area contributed by atoms with Crippen LogP contribution in [0.25, 0.3) is 0 Å². The molecule has 0 radical (unpaired) electrons. The predicted molar refractivity (Wildman–Crippen MR) is 59.9 cm³/mol. The Morgan fingerprint density at radius 1 is 1.62 bits per heavy atom. The van der Waals surface area contributed by atoms with Gasteiger partial charge in [-0.3, -0.25) is 4.79 Å². The molecule has 0 aromatic heterocycles. The first kappa shape index (κ1) is 12.9. The maximum absolute atomic E-state index is 11.3. The van der Waals surface area contributed by atoms with Gasteiger partial charge < -0.3 is 15.3 Å². The Labute approximate surface area is 94.9 Å². The summed E-state index contributed by atoms with van der Waals surface area (Å²) in [6.07, 6.45) is 2.84. The highest BCUT2D eigenvalue weighted by molar-refractivity contribution is 5.79. The van der Waals surface area contributed by atoms with Gasteiger partial charge in [-0.2, -0.15) is 0 Å². The summed E-state index contributed by atoms with van der Waals surface area (Å²) in [7, 11) is 0. The van der Waals surface area contributed by atoms with Crippen LogP contribution in [0.5, 0.6) is 0 Å². The Balaban J connectivity index is 3.02. The summed E-state index contributed by atoms with van der Waals surface area (Å²) in [5.74, 6) is -1.04. The second-order valence-corrected chi connectivity index (χ2v) is 4.51. The van der Waals surface area contributed by atoms with Crippen molar-refractivity contribution in [1.82, 2.24) is 0 Å². The Morgan fingerprint density at radius 3 is 2.62 bits per heavy atom. The van der Waals surface area contributed by atoms with Crippen LogP contribution < -0.4 is 0 Å². The van der Waals surface area contributed by atoms with E-state index in [1.807, 2.05) is 13.8 Å². The third-order valence-electron chi connectivity index (χ3n) is 2.96. The van der Waals surface area contributed by atoms with E-state index in [2.05, 4.69) is 0 Å². The van der Waals surface area contributed by atoms with E-state index in [0.717, 1.165) is 5.57 Å². The molecule has 0 aromatic rings. The number of aliphatic hydroxyl groups excluding tert-OH is 2. The van der Waals surface area contributed by atoms with Crippen molar-refractivity contribution in [2.24, 2.45) is 5.41 Å². The molecule has 4 heteroatoms. The molecule has 90 valence electrons. The Kier molecular flexibility index (Phi) is 3.88. The molecule has 16 heavy (non-hydrogen) atoms. The van der Waals surface area contributed by atoms with E-state index in [-0.39, 0.29) is 19.4 Å². The normalized spacial score (nSPS) is 28.8. The van der Waals surface area contributed by atoms with Gasteiger partial charge in [-0.15, -0.1) is 0 Å². The lowest BCUT2D eigenvalue weighted by molar-refractivity contribution is -0.150. The zero-order valence-corrected chi connectivity index (χ0v) is 9.60. The summed E-state index contributed by atoms with van der Waals surface area (Å²) in [4.78, 5) is 11.3. The lowest BCUT2D eigenvalue weighted by Gasteiger charge is -2.25.